The van der Waals surface area contributed by atoms with Crippen LogP contribution in [0.15, 0.2) is 30.3 Å². The third-order valence-electron chi connectivity index (χ3n) is 1.72. The van der Waals surface area contributed by atoms with Crippen molar-refractivity contribution in [1.29, 1.82) is 0 Å². The van der Waals surface area contributed by atoms with Crippen LogP contribution in [0.3, 0.4) is 0 Å². The average Bonchev–Trinajstić information content (AvgIpc) is 2.47. The molecule has 2 radical (unpaired) electrons. The normalized spacial score (nSPS) is 12.8. The van der Waals surface area contributed by atoms with Crippen molar-refractivity contribution in [2.24, 2.45) is 0 Å². The fourth-order valence-electron chi connectivity index (χ4n) is 0.544. The van der Waals surface area contributed by atoms with Crippen molar-refractivity contribution in [3.63, 3.8) is 0 Å². The van der Waals surface area contributed by atoms with Crippen LogP contribution in [0.25, 0.3) is 0 Å². The Labute approximate surface area is 152 Å². The summed E-state index contributed by atoms with van der Waals surface area (Å²) in [5.41, 5.74) is -10.1. The summed E-state index contributed by atoms with van der Waals surface area (Å²) in [5.74, 6) is 0. The molecule has 1 aromatic rings. The van der Waals surface area contributed by atoms with Gasteiger partial charge in [0.2, 0.25) is 0 Å². The van der Waals surface area contributed by atoms with Crippen LogP contribution in [-0.4, -0.2) is 48.4 Å². The van der Waals surface area contributed by atoms with Crippen LogP contribution in [0.5, 0.6) is 0 Å². The molecule has 0 N–H and O–H groups in total. The van der Waals surface area contributed by atoms with Crippen molar-refractivity contribution < 1.29 is 53.0 Å². The summed E-state index contributed by atoms with van der Waals surface area (Å²) in [6.45, 7) is 0. The Morgan fingerprint density at radius 2 is 0.920 bits per heavy atom. The van der Waals surface area contributed by atoms with E-state index in [1.54, 1.807) is 0 Å². The second-order valence-electron chi connectivity index (χ2n) is 3.68. The van der Waals surface area contributed by atoms with Crippen LogP contribution in [0.1, 0.15) is 0 Å². The number of alkyl halides is 10. The van der Waals surface area contributed by atoms with E-state index in [1.807, 2.05) is 6.07 Å². The first-order chi connectivity index (χ1) is 11.0. The second kappa shape index (κ2) is 10.7. The minimum absolute atomic E-state index is 1.36. The summed E-state index contributed by atoms with van der Waals surface area (Å²) in [6.07, 6.45) is -11.4. The predicted molar refractivity (Wildman–Crippen MR) is 71.8 cm³/mol. The molecule has 2 atom stereocenters. The van der Waals surface area contributed by atoms with E-state index >= 15 is 0 Å². The van der Waals surface area contributed by atoms with Crippen LogP contribution < -0.4 is 3.27 Å². The van der Waals surface area contributed by atoms with Crippen molar-refractivity contribution in [3.8, 4) is 0 Å². The standard InChI is InChI=1S/C6H5.2C2F5OP.Bi/c1-2-4-6-5-3-1;2*3-1(4,5)2(6,7)9-8;/h1-5H;;;/p+2. The monoisotopic (exact) mass is 620 g/mol. The van der Waals surface area contributed by atoms with E-state index in [0.29, 0.717) is 0 Å². The number of hydrogen-bond donors (Lipinski definition) is 0. The molecule has 2 nitrogen and oxygen atoms in total. The van der Waals surface area contributed by atoms with E-state index in [-0.39, 0.29) is 0 Å². The van der Waals surface area contributed by atoms with E-state index < -0.39 is 40.6 Å². The van der Waals surface area contributed by atoms with Crippen LogP contribution in [0, 0.1) is 0 Å². The zero-order chi connectivity index (χ0) is 20.5. The molecule has 0 fully saturated rings. The third-order valence-corrected chi connectivity index (χ3v) is 3.96. The van der Waals surface area contributed by atoms with Gasteiger partial charge in [-0.1, -0.05) is 9.13 Å². The Balaban J connectivity index is 0. The SMILES string of the molecule is O=[PH+]C(F)(F)C(F)(F)F.O=[PH+]C(F)(F)C(F)(F)F.[Bi][c]1ccccc1. The fraction of sp³-hybridized carbons (Fsp3) is 0.400. The fourth-order valence-corrected chi connectivity index (χ4v) is 1.44. The first-order valence-electron chi connectivity index (χ1n) is 5.43. The van der Waals surface area contributed by atoms with Gasteiger partial charge in [0.15, 0.2) is 0 Å². The van der Waals surface area contributed by atoms with Crippen molar-refractivity contribution >= 4 is 44.9 Å². The van der Waals surface area contributed by atoms with Crippen LogP contribution in [-0.2, 0) is 9.13 Å². The van der Waals surface area contributed by atoms with Crippen molar-refractivity contribution in [2.45, 2.75) is 23.7 Å². The van der Waals surface area contributed by atoms with Crippen molar-refractivity contribution in [2.75, 3.05) is 0 Å². The van der Waals surface area contributed by atoms with E-state index in [9.17, 15) is 43.9 Å². The van der Waals surface area contributed by atoms with Gasteiger partial charge in [-0.15, -0.1) is 17.6 Å². The maximum absolute atomic E-state index is 11.2. The van der Waals surface area contributed by atoms with Gasteiger partial charge < -0.3 is 0 Å². The molecule has 15 heteroatoms. The van der Waals surface area contributed by atoms with Gasteiger partial charge in [0, 0.05) is 0 Å². The molecule has 0 aromatic heterocycles. The van der Waals surface area contributed by atoms with E-state index in [4.69, 9.17) is 9.13 Å². The zero-order valence-corrected chi connectivity index (χ0v) is 16.9. The first-order valence-corrected chi connectivity index (χ1v) is 8.99. The summed E-state index contributed by atoms with van der Waals surface area (Å²) in [6, 6.07) is 10.4. The number of benzene rings is 1. The summed E-state index contributed by atoms with van der Waals surface area (Å²) in [4.78, 5) is 0. The molecule has 0 amide bonds. The second-order valence-corrected chi connectivity index (χ2v) is 7.36. The molecule has 2 unspecified atom stereocenters. The predicted octanol–water partition coefficient (Wildman–Crippen LogP) is 4.81. The van der Waals surface area contributed by atoms with Gasteiger partial charge in [0.05, 0.1) is 0 Å². The van der Waals surface area contributed by atoms with Crippen LogP contribution in [0.2, 0.25) is 0 Å². The molecule has 0 saturated heterocycles. The van der Waals surface area contributed by atoms with Gasteiger partial charge in [-0.3, -0.25) is 0 Å². The molecule has 0 spiro atoms. The molecule has 0 aliphatic heterocycles. The molecule has 0 aliphatic carbocycles. The molecule has 1 rings (SSSR count). The molecule has 142 valence electrons. The Hall–Kier alpha value is -0.397. The van der Waals surface area contributed by atoms with E-state index in [1.165, 1.54) is 28.0 Å². The van der Waals surface area contributed by atoms with Gasteiger partial charge in [-0.2, -0.15) is 26.3 Å². The Morgan fingerprint density at radius 3 is 1.00 bits per heavy atom. The molecule has 0 saturated carbocycles. The van der Waals surface area contributed by atoms with E-state index in [0.717, 1.165) is 0 Å². The molecular formula is C10H7BiF10O2P2+2. The van der Waals surface area contributed by atoms with Gasteiger partial charge >= 0.3 is 98.9 Å². The molecular weight excluding hydrogens is 613 g/mol. The summed E-state index contributed by atoms with van der Waals surface area (Å²) < 4.78 is 130. The molecule has 0 bridgehead atoms. The summed E-state index contributed by atoms with van der Waals surface area (Å²) in [5, 5.41) is 0. The van der Waals surface area contributed by atoms with Gasteiger partial charge in [0.25, 0.3) is 0 Å². The third kappa shape index (κ3) is 11.0. The number of hydrogen-bond acceptors (Lipinski definition) is 2. The minimum atomic E-state index is -5.69. The molecule has 1 aromatic carbocycles. The quantitative estimate of drug-likeness (QED) is 0.271. The first kappa shape index (κ1) is 26.8. The van der Waals surface area contributed by atoms with Crippen LogP contribution in [0.4, 0.5) is 43.9 Å². The topological polar surface area (TPSA) is 34.1 Å². The zero-order valence-electron chi connectivity index (χ0n) is 11.4. The van der Waals surface area contributed by atoms with Crippen molar-refractivity contribution in [3.05, 3.63) is 30.3 Å². The van der Waals surface area contributed by atoms with E-state index in [2.05, 4.69) is 24.3 Å². The van der Waals surface area contributed by atoms with Gasteiger partial charge in [-0.25, -0.2) is 0 Å². The van der Waals surface area contributed by atoms with Crippen LogP contribution >= 0.6 is 16.9 Å². The molecule has 25 heavy (non-hydrogen) atoms. The van der Waals surface area contributed by atoms with Gasteiger partial charge in [0.1, 0.15) is 0 Å². The molecule has 0 aliphatic rings. The number of rotatable bonds is 2. The number of halogens is 10. The Morgan fingerprint density at radius 1 is 0.640 bits per heavy atom. The van der Waals surface area contributed by atoms with Gasteiger partial charge in [-0.05, 0) is 0 Å². The maximum atomic E-state index is 11.2. The summed E-state index contributed by atoms with van der Waals surface area (Å²) in [7, 11) is -5.34. The summed E-state index contributed by atoms with van der Waals surface area (Å²) >= 11 is 1.36. The Bertz CT molecular complexity index is 503. The molecule has 0 heterocycles. The Kier molecular flexibility index (Phi) is 11.5. The van der Waals surface area contributed by atoms with Crippen molar-refractivity contribution in [1.82, 2.24) is 0 Å². The average molecular weight is 620 g/mol.